The molecule has 0 fully saturated rings. The summed E-state index contributed by atoms with van der Waals surface area (Å²) in [6, 6.07) is 10.7. The van der Waals surface area contributed by atoms with Crippen molar-refractivity contribution >= 4 is 11.0 Å². The predicted molar refractivity (Wildman–Crippen MR) is 110 cm³/mol. The van der Waals surface area contributed by atoms with E-state index in [1.54, 1.807) is 12.1 Å². The standard InChI is InChI=1S/C23H25NO5/c1-3-27-21-9-15-7-8-24(13-16(15)10-22(21)28-4-2)14-17-11-23(26)29-20-12-18(25)5-6-19(17)20/h5-6,9-12,25H,3-4,7-8,13-14H2,1-2H3/p+1. The molecule has 2 heterocycles. The molecule has 0 saturated carbocycles. The summed E-state index contributed by atoms with van der Waals surface area (Å²) in [4.78, 5) is 13.3. The van der Waals surface area contributed by atoms with Crippen LogP contribution < -0.4 is 20.0 Å². The zero-order chi connectivity index (χ0) is 20.4. The minimum absolute atomic E-state index is 0.0885. The zero-order valence-electron chi connectivity index (χ0n) is 16.8. The summed E-state index contributed by atoms with van der Waals surface area (Å²) in [5.74, 6) is 1.68. The summed E-state index contributed by atoms with van der Waals surface area (Å²) < 4.78 is 16.8. The maximum Gasteiger partial charge on any atom is 0.336 e. The van der Waals surface area contributed by atoms with Crippen molar-refractivity contribution in [2.24, 2.45) is 0 Å². The van der Waals surface area contributed by atoms with E-state index in [1.807, 2.05) is 19.9 Å². The lowest BCUT2D eigenvalue weighted by Crippen LogP contribution is -3.10. The fourth-order valence-corrected chi connectivity index (χ4v) is 4.03. The van der Waals surface area contributed by atoms with E-state index in [1.165, 1.54) is 22.1 Å². The van der Waals surface area contributed by atoms with Gasteiger partial charge < -0.3 is 23.9 Å². The number of phenolic OH excluding ortho intramolecular Hbond substituents is 1. The van der Waals surface area contributed by atoms with Gasteiger partial charge in [-0.2, -0.15) is 0 Å². The molecule has 0 bridgehead atoms. The van der Waals surface area contributed by atoms with Crippen LogP contribution in [-0.2, 0) is 19.5 Å². The Bertz CT molecular complexity index is 1090. The van der Waals surface area contributed by atoms with Crippen LogP contribution in [0.2, 0.25) is 0 Å². The zero-order valence-corrected chi connectivity index (χ0v) is 16.8. The molecular weight excluding hydrogens is 370 g/mol. The van der Waals surface area contributed by atoms with Crippen LogP contribution in [0.15, 0.2) is 45.6 Å². The molecule has 4 rings (SSSR count). The first-order valence-corrected chi connectivity index (χ1v) is 10.1. The van der Waals surface area contributed by atoms with Crippen LogP contribution in [0, 0.1) is 0 Å². The monoisotopic (exact) mass is 396 g/mol. The van der Waals surface area contributed by atoms with Gasteiger partial charge in [0.1, 0.15) is 24.4 Å². The highest BCUT2D eigenvalue weighted by molar-refractivity contribution is 5.81. The molecule has 152 valence electrons. The van der Waals surface area contributed by atoms with E-state index < -0.39 is 5.63 Å². The quantitative estimate of drug-likeness (QED) is 0.626. The third-order valence-electron chi connectivity index (χ3n) is 5.31. The Morgan fingerprint density at radius 2 is 1.76 bits per heavy atom. The van der Waals surface area contributed by atoms with Crippen LogP contribution in [-0.4, -0.2) is 24.9 Å². The number of quaternary nitrogens is 1. The molecule has 0 aliphatic carbocycles. The fourth-order valence-electron chi connectivity index (χ4n) is 4.03. The molecule has 1 aliphatic rings. The maximum absolute atomic E-state index is 12.0. The number of phenols is 1. The largest absolute Gasteiger partial charge is 0.508 e. The van der Waals surface area contributed by atoms with E-state index >= 15 is 0 Å². The molecule has 3 aromatic rings. The Hall–Kier alpha value is -2.99. The number of hydrogen-bond acceptors (Lipinski definition) is 5. The molecule has 1 aromatic heterocycles. The van der Waals surface area contributed by atoms with Gasteiger partial charge in [-0.3, -0.25) is 0 Å². The number of hydrogen-bond donors (Lipinski definition) is 2. The fraction of sp³-hybridized carbons (Fsp3) is 0.348. The highest BCUT2D eigenvalue weighted by Crippen LogP contribution is 2.32. The summed E-state index contributed by atoms with van der Waals surface area (Å²) in [6.45, 7) is 7.67. The third kappa shape index (κ3) is 4.07. The predicted octanol–water partition coefficient (Wildman–Crippen LogP) is 2.44. The highest BCUT2D eigenvalue weighted by Gasteiger charge is 2.23. The average Bonchev–Trinajstić information content (AvgIpc) is 2.68. The number of fused-ring (bicyclic) bond motifs is 2. The van der Waals surface area contributed by atoms with Gasteiger partial charge in [0.15, 0.2) is 11.5 Å². The van der Waals surface area contributed by atoms with Crippen molar-refractivity contribution in [2.75, 3.05) is 19.8 Å². The number of rotatable bonds is 6. The smallest absolute Gasteiger partial charge is 0.336 e. The third-order valence-corrected chi connectivity index (χ3v) is 5.31. The van der Waals surface area contributed by atoms with Crippen molar-refractivity contribution in [2.45, 2.75) is 33.4 Å². The molecule has 1 atom stereocenters. The van der Waals surface area contributed by atoms with Gasteiger partial charge in [0.25, 0.3) is 0 Å². The Kier molecular flexibility index (Phi) is 5.45. The second-order valence-electron chi connectivity index (χ2n) is 7.31. The molecular formula is C23H26NO5+. The SMILES string of the molecule is CCOc1cc2c(cc1OCC)C[NH+](Cc1cc(=O)oc3cc(O)ccc13)CC2. The Labute approximate surface area is 169 Å². The van der Waals surface area contributed by atoms with Crippen molar-refractivity contribution in [3.63, 3.8) is 0 Å². The van der Waals surface area contributed by atoms with Crippen molar-refractivity contribution in [1.82, 2.24) is 0 Å². The summed E-state index contributed by atoms with van der Waals surface area (Å²) in [5.41, 5.74) is 3.51. The lowest BCUT2D eigenvalue weighted by molar-refractivity contribution is -0.929. The van der Waals surface area contributed by atoms with Gasteiger partial charge in [-0.25, -0.2) is 4.79 Å². The van der Waals surface area contributed by atoms with Gasteiger partial charge in [0.2, 0.25) is 0 Å². The van der Waals surface area contributed by atoms with Crippen LogP contribution in [0.25, 0.3) is 11.0 Å². The summed E-state index contributed by atoms with van der Waals surface area (Å²) in [7, 11) is 0. The topological polar surface area (TPSA) is 73.3 Å². The molecule has 0 radical (unpaired) electrons. The number of aromatic hydroxyl groups is 1. The van der Waals surface area contributed by atoms with Crippen molar-refractivity contribution in [3.8, 4) is 17.2 Å². The van der Waals surface area contributed by atoms with Crippen LogP contribution >= 0.6 is 0 Å². The molecule has 0 amide bonds. The number of nitrogens with one attached hydrogen (secondary N) is 1. The van der Waals surface area contributed by atoms with Crippen molar-refractivity contribution in [3.05, 3.63) is 63.5 Å². The van der Waals surface area contributed by atoms with Gasteiger partial charge in [-0.15, -0.1) is 0 Å². The first-order chi connectivity index (χ1) is 14.1. The average molecular weight is 396 g/mol. The summed E-state index contributed by atoms with van der Waals surface area (Å²) in [6.07, 6.45) is 0.942. The van der Waals surface area contributed by atoms with E-state index in [0.29, 0.717) is 25.3 Å². The normalized spacial score (nSPS) is 15.9. The summed E-state index contributed by atoms with van der Waals surface area (Å²) in [5, 5.41) is 10.5. The Balaban J connectivity index is 1.61. The maximum atomic E-state index is 12.0. The lowest BCUT2D eigenvalue weighted by Gasteiger charge is -2.27. The Morgan fingerprint density at radius 1 is 1.03 bits per heavy atom. The second kappa shape index (κ2) is 8.17. The van der Waals surface area contributed by atoms with E-state index in [4.69, 9.17) is 13.9 Å². The second-order valence-corrected chi connectivity index (χ2v) is 7.31. The van der Waals surface area contributed by atoms with Gasteiger partial charge in [-0.05, 0) is 43.7 Å². The van der Waals surface area contributed by atoms with Gasteiger partial charge >= 0.3 is 5.63 Å². The molecule has 1 aliphatic heterocycles. The summed E-state index contributed by atoms with van der Waals surface area (Å²) >= 11 is 0. The minimum Gasteiger partial charge on any atom is -0.508 e. The Morgan fingerprint density at radius 3 is 2.48 bits per heavy atom. The van der Waals surface area contributed by atoms with Gasteiger partial charge in [0, 0.05) is 35.1 Å². The molecule has 0 saturated heterocycles. The molecule has 0 spiro atoms. The van der Waals surface area contributed by atoms with E-state index in [0.717, 1.165) is 42.0 Å². The molecule has 6 nitrogen and oxygen atoms in total. The van der Waals surface area contributed by atoms with E-state index in [9.17, 15) is 9.90 Å². The molecule has 6 heteroatoms. The molecule has 1 unspecified atom stereocenters. The molecule has 2 aromatic carbocycles. The minimum atomic E-state index is -0.394. The van der Waals surface area contributed by atoms with Gasteiger partial charge in [0.05, 0.1) is 19.8 Å². The van der Waals surface area contributed by atoms with Crippen LogP contribution in [0.5, 0.6) is 17.2 Å². The van der Waals surface area contributed by atoms with Crippen LogP contribution in [0.4, 0.5) is 0 Å². The first-order valence-electron chi connectivity index (χ1n) is 10.1. The lowest BCUT2D eigenvalue weighted by atomic mass is 9.98. The molecule has 2 N–H and O–H groups in total. The van der Waals surface area contributed by atoms with Crippen molar-refractivity contribution < 1.29 is 23.9 Å². The highest BCUT2D eigenvalue weighted by atomic mass is 16.5. The van der Waals surface area contributed by atoms with E-state index in [-0.39, 0.29) is 5.75 Å². The molecule has 29 heavy (non-hydrogen) atoms. The van der Waals surface area contributed by atoms with E-state index in [2.05, 4.69) is 12.1 Å². The number of ether oxygens (including phenoxy) is 2. The van der Waals surface area contributed by atoms with Gasteiger partial charge in [-0.1, -0.05) is 0 Å². The van der Waals surface area contributed by atoms with Crippen LogP contribution in [0.3, 0.4) is 0 Å². The number of benzene rings is 2. The van der Waals surface area contributed by atoms with Crippen LogP contribution in [0.1, 0.15) is 30.5 Å². The van der Waals surface area contributed by atoms with Crippen molar-refractivity contribution in [1.29, 1.82) is 0 Å². The first kappa shape index (κ1) is 19.3.